The zero-order chi connectivity index (χ0) is 13.0. The highest BCUT2D eigenvalue weighted by molar-refractivity contribution is 9.10. The first-order chi connectivity index (χ1) is 8.66. The predicted molar refractivity (Wildman–Crippen MR) is 78.5 cm³/mol. The molecule has 18 heavy (non-hydrogen) atoms. The van der Waals surface area contributed by atoms with Gasteiger partial charge in [0.2, 0.25) is 0 Å². The highest BCUT2D eigenvalue weighted by Gasteiger charge is 2.02. The Morgan fingerprint density at radius 3 is 2.50 bits per heavy atom. The summed E-state index contributed by atoms with van der Waals surface area (Å²) in [4.78, 5) is 0. The molecule has 0 heterocycles. The Hall–Kier alpha value is -1.03. The van der Waals surface area contributed by atoms with Crippen molar-refractivity contribution >= 4 is 33.2 Å². The van der Waals surface area contributed by atoms with Crippen molar-refractivity contribution in [1.82, 2.24) is 0 Å². The van der Waals surface area contributed by atoms with Crippen molar-refractivity contribution in [1.29, 1.82) is 0 Å². The van der Waals surface area contributed by atoms with Gasteiger partial charge in [0, 0.05) is 20.7 Å². The number of rotatable bonds is 4. The first-order valence-corrected chi connectivity index (χ1v) is 6.69. The van der Waals surface area contributed by atoms with Gasteiger partial charge in [0.1, 0.15) is 0 Å². The van der Waals surface area contributed by atoms with Crippen LogP contribution in [0.4, 0.5) is 5.69 Å². The van der Waals surface area contributed by atoms with Crippen LogP contribution in [-0.4, -0.2) is 0 Å². The summed E-state index contributed by atoms with van der Waals surface area (Å²) in [7, 11) is 0. The molecule has 2 nitrogen and oxygen atoms in total. The molecule has 0 radical (unpaired) electrons. The number of benzene rings is 2. The molecule has 0 aliphatic heterocycles. The molecule has 0 unspecified atom stereocenters. The van der Waals surface area contributed by atoms with Crippen LogP contribution in [0.25, 0.3) is 0 Å². The maximum atomic E-state index is 6.05. The Bertz CT molecular complexity index is 545. The minimum atomic E-state index is 0.477. The van der Waals surface area contributed by atoms with Gasteiger partial charge in [-0.1, -0.05) is 51.8 Å². The maximum Gasteiger partial charge on any atom is 0.0741 e. The third-order valence-corrected chi connectivity index (χ3v) is 3.44. The number of hydrogen-bond acceptors (Lipinski definition) is 2. The molecule has 0 saturated carbocycles. The van der Waals surface area contributed by atoms with Gasteiger partial charge >= 0.3 is 0 Å². The molecule has 4 heteroatoms. The van der Waals surface area contributed by atoms with E-state index in [4.69, 9.17) is 22.1 Å². The second kappa shape index (κ2) is 6.23. The van der Waals surface area contributed by atoms with E-state index >= 15 is 0 Å². The third kappa shape index (κ3) is 3.48. The van der Waals surface area contributed by atoms with Gasteiger partial charge in [0.05, 0.1) is 13.2 Å². The van der Waals surface area contributed by atoms with Gasteiger partial charge in [-0.25, -0.2) is 0 Å². The van der Waals surface area contributed by atoms with Crippen molar-refractivity contribution < 1.29 is 4.74 Å². The molecule has 2 rings (SSSR count). The second-order valence-corrected chi connectivity index (χ2v) is 5.25. The minimum absolute atomic E-state index is 0.477. The number of ether oxygens (including phenoxy) is 1. The molecule has 0 saturated heterocycles. The Morgan fingerprint density at radius 2 is 1.78 bits per heavy atom. The van der Waals surface area contributed by atoms with Crippen molar-refractivity contribution in [2.24, 2.45) is 0 Å². The number of halogens is 2. The van der Waals surface area contributed by atoms with Gasteiger partial charge in [-0.2, -0.15) is 0 Å². The molecule has 0 fully saturated rings. The highest BCUT2D eigenvalue weighted by Crippen LogP contribution is 2.21. The standard InChI is InChI=1S/C14H13BrClNO/c15-12-6-5-11(14(17)7-12)9-18-8-10-3-1-2-4-13(10)16/h1-7H,8-9,17H2. The molecule has 0 amide bonds. The average molecular weight is 327 g/mol. The summed E-state index contributed by atoms with van der Waals surface area (Å²) in [5.41, 5.74) is 8.58. The van der Waals surface area contributed by atoms with Gasteiger partial charge in [-0.15, -0.1) is 0 Å². The molecule has 0 atom stereocenters. The largest absolute Gasteiger partial charge is 0.398 e. The lowest BCUT2D eigenvalue weighted by molar-refractivity contribution is 0.107. The van der Waals surface area contributed by atoms with Crippen LogP contribution in [0.3, 0.4) is 0 Å². The summed E-state index contributed by atoms with van der Waals surface area (Å²) in [6.45, 7) is 0.958. The Kier molecular flexibility index (Phi) is 4.64. The lowest BCUT2D eigenvalue weighted by Crippen LogP contribution is -1.99. The third-order valence-electron chi connectivity index (χ3n) is 2.58. The van der Waals surface area contributed by atoms with E-state index in [-0.39, 0.29) is 0 Å². The van der Waals surface area contributed by atoms with E-state index in [9.17, 15) is 0 Å². The summed E-state index contributed by atoms with van der Waals surface area (Å²) < 4.78 is 6.59. The number of anilines is 1. The van der Waals surface area contributed by atoms with Gasteiger partial charge in [0.15, 0.2) is 0 Å². The van der Waals surface area contributed by atoms with Crippen LogP contribution in [0.2, 0.25) is 5.02 Å². The quantitative estimate of drug-likeness (QED) is 0.845. The molecule has 0 aromatic heterocycles. The minimum Gasteiger partial charge on any atom is -0.398 e. The average Bonchev–Trinajstić information content (AvgIpc) is 2.34. The zero-order valence-corrected chi connectivity index (χ0v) is 12.0. The Balaban J connectivity index is 1.95. The van der Waals surface area contributed by atoms with E-state index in [2.05, 4.69) is 15.9 Å². The van der Waals surface area contributed by atoms with Gasteiger partial charge in [-0.3, -0.25) is 0 Å². The summed E-state index contributed by atoms with van der Waals surface area (Å²) >= 11 is 9.42. The fourth-order valence-corrected chi connectivity index (χ4v) is 2.15. The first kappa shape index (κ1) is 13.4. The molecule has 94 valence electrons. The van der Waals surface area contributed by atoms with Crippen LogP contribution in [-0.2, 0) is 18.0 Å². The lowest BCUT2D eigenvalue weighted by atomic mass is 10.2. The SMILES string of the molecule is Nc1cc(Br)ccc1COCc1ccccc1Cl. The van der Waals surface area contributed by atoms with E-state index in [0.29, 0.717) is 13.2 Å². The van der Waals surface area contributed by atoms with E-state index in [1.807, 2.05) is 42.5 Å². The molecular formula is C14H13BrClNO. The molecule has 0 spiro atoms. The van der Waals surface area contributed by atoms with Crippen molar-refractivity contribution in [3.8, 4) is 0 Å². The van der Waals surface area contributed by atoms with Crippen LogP contribution in [0.1, 0.15) is 11.1 Å². The summed E-state index contributed by atoms with van der Waals surface area (Å²) in [6, 6.07) is 13.4. The molecular weight excluding hydrogens is 314 g/mol. The van der Waals surface area contributed by atoms with E-state index in [0.717, 1.165) is 26.3 Å². The number of hydrogen-bond donors (Lipinski definition) is 1. The smallest absolute Gasteiger partial charge is 0.0741 e. The number of nitrogens with two attached hydrogens (primary N) is 1. The normalized spacial score (nSPS) is 10.6. The van der Waals surface area contributed by atoms with Crippen LogP contribution in [0, 0.1) is 0 Å². The highest BCUT2D eigenvalue weighted by atomic mass is 79.9. The van der Waals surface area contributed by atoms with Gasteiger partial charge < -0.3 is 10.5 Å². The fraction of sp³-hybridized carbons (Fsp3) is 0.143. The molecule has 2 aromatic rings. The fourth-order valence-electron chi connectivity index (χ4n) is 1.58. The summed E-state index contributed by atoms with van der Waals surface area (Å²) in [5, 5.41) is 0.723. The van der Waals surface area contributed by atoms with Crippen LogP contribution in [0.15, 0.2) is 46.9 Å². The van der Waals surface area contributed by atoms with E-state index in [1.54, 1.807) is 0 Å². The maximum absolute atomic E-state index is 6.05. The van der Waals surface area contributed by atoms with Crippen LogP contribution in [0.5, 0.6) is 0 Å². The van der Waals surface area contributed by atoms with Crippen molar-refractivity contribution in [2.75, 3.05) is 5.73 Å². The first-order valence-electron chi connectivity index (χ1n) is 5.52. The van der Waals surface area contributed by atoms with Crippen LogP contribution >= 0.6 is 27.5 Å². The predicted octanol–water partition coefficient (Wildman–Crippen LogP) is 4.40. The van der Waals surface area contributed by atoms with Gasteiger partial charge in [-0.05, 0) is 23.8 Å². The Labute approximate surface area is 120 Å². The van der Waals surface area contributed by atoms with Crippen molar-refractivity contribution in [3.63, 3.8) is 0 Å². The van der Waals surface area contributed by atoms with E-state index < -0.39 is 0 Å². The molecule has 2 N–H and O–H groups in total. The number of nitrogen functional groups attached to an aromatic ring is 1. The zero-order valence-electron chi connectivity index (χ0n) is 9.70. The van der Waals surface area contributed by atoms with Crippen molar-refractivity contribution in [3.05, 3.63) is 63.1 Å². The lowest BCUT2D eigenvalue weighted by Gasteiger charge is -2.08. The van der Waals surface area contributed by atoms with Crippen LogP contribution < -0.4 is 5.73 Å². The molecule has 0 aliphatic rings. The van der Waals surface area contributed by atoms with E-state index in [1.165, 1.54) is 0 Å². The van der Waals surface area contributed by atoms with Crippen molar-refractivity contribution in [2.45, 2.75) is 13.2 Å². The molecule has 2 aromatic carbocycles. The molecule has 0 aliphatic carbocycles. The molecule has 0 bridgehead atoms. The monoisotopic (exact) mass is 325 g/mol. The summed E-state index contributed by atoms with van der Waals surface area (Å²) in [6.07, 6.45) is 0. The Morgan fingerprint density at radius 1 is 1.06 bits per heavy atom. The summed E-state index contributed by atoms with van der Waals surface area (Å²) in [5.74, 6) is 0. The second-order valence-electron chi connectivity index (χ2n) is 3.93. The topological polar surface area (TPSA) is 35.2 Å². The van der Waals surface area contributed by atoms with Gasteiger partial charge in [0.25, 0.3) is 0 Å².